The van der Waals surface area contributed by atoms with Gasteiger partial charge in [-0.05, 0) is 42.8 Å². The molecule has 84 valence electrons. The van der Waals surface area contributed by atoms with Gasteiger partial charge in [-0.3, -0.25) is 0 Å². The van der Waals surface area contributed by atoms with Crippen molar-refractivity contribution in [2.75, 3.05) is 0 Å². The number of pyridine rings is 1. The van der Waals surface area contributed by atoms with Gasteiger partial charge in [-0.25, -0.2) is 9.37 Å². The van der Waals surface area contributed by atoms with Crippen LogP contribution in [-0.2, 0) is 0 Å². The average molecular weight is 247 g/mol. The Morgan fingerprint density at radius 3 is 2.53 bits per heavy atom. The van der Waals surface area contributed by atoms with E-state index in [1.807, 2.05) is 13.0 Å². The summed E-state index contributed by atoms with van der Waals surface area (Å²) < 4.78 is 12.8. The average Bonchev–Trinajstić information content (AvgIpc) is 2.33. The summed E-state index contributed by atoms with van der Waals surface area (Å²) >= 11 is 5.87. The molecule has 0 saturated heterocycles. The lowest BCUT2D eigenvalue weighted by Crippen LogP contribution is -1.92. The van der Waals surface area contributed by atoms with Crippen molar-refractivity contribution < 1.29 is 4.39 Å². The highest BCUT2D eigenvalue weighted by atomic mass is 35.5. The zero-order valence-corrected chi connectivity index (χ0v) is 9.79. The Morgan fingerprint density at radius 1 is 1.29 bits per heavy atom. The minimum Gasteiger partial charge on any atom is -0.234 e. The molecule has 0 radical (unpaired) electrons. The van der Waals surface area contributed by atoms with Crippen LogP contribution in [0, 0.1) is 24.1 Å². The van der Waals surface area contributed by atoms with Gasteiger partial charge in [0.15, 0.2) is 0 Å². The number of rotatable bonds is 1. The van der Waals surface area contributed by atoms with Gasteiger partial charge in [0.05, 0.1) is 11.3 Å². The molecule has 1 heterocycles. The van der Waals surface area contributed by atoms with Crippen LogP contribution in [-0.4, -0.2) is 4.98 Å². The first-order valence-corrected chi connectivity index (χ1v) is 5.33. The summed E-state index contributed by atoms with van der Waals surface area (Å²) in [6.07, 6.45) is 0. The van der Waals surface area contributed by atoms with E-state index in [0.29, 0.717) is 11.3 Å². The van der Waals surface area contributed by atoms with E-state index in [4.69, 9.17) is 16.9 Å². The molecular weight excluding hydrogens is 239 g/mol. The Balaban J connectivity index is 2.57. The first-order valence-electron chi connectivity index (χ1n) is 4.95. The third kappa shape index (κ3) is 2.27. The lowest BCUT2D eigenvalue weighted by atomic mass is 10.1. The minimum absolute atomic E-state index is 0.164. The van der Waals surface area contributed by atoms with Gasteiger partial charge in [-0.15, -0.1) is 0 Å². The van der Waals surface area contributed by atoms with Gasteiger partial charge in [0.1, 0.15) is 17.0 Å². The maximum absolute atomic E-state index is 12.8. The van der Waals surface area contributed by atoms with Crippen molar-refractivity contribution in [3.05, 3.63) is 52.4 Å². The van der Waals surface area contributed by atoms with Crippen LogP contribution in [0.1, 0.15) is 11.1 Å². The highest BCUT2D eigenvalue weighted by Gasteiger charge is 2.09. The normalized spacial score (nSPS) is 10.0. The largest absolute Gasteiger partial charge is 0.234 e. The van der Waals surface area contributed by atoms with Crippen LogP contribution in [0.5, 0.6) is 0 Å². The Labute approximate surface area is 103 Å². The van der Waals surface area contributed by atoms with E-state index >= 15 is 0 Å². The topological polar surface area (TPSA) is 36.7 Å². The number of nitriles is 1. The van der Waals surface area contributed by atoms with Crippen molar-refractivity contribution >= 4 is 11.6 Å². The fraction of sp³-hybridized carbons (Fsp3) is 0.0769. The first kappa shape index (κ1) is 11.6. The molecule has 0 spiro atoms. The third-order valence-corrected chi connectivity index (χ3v) is 2.69. The maximum Gasteiger partial charge on any atom is 0.147 e. The quantitative estimate of drug-likeness (QED) is 0.719. The van der Waals surface area contributed by atoms with Gasteiger partial charge in [0.25, 0.3) is 0 Å². The summed E-state index contributed by atoms with van der Waals surface area (Å²) in [5.74, 6) is -0.300. The van der Waals surface area contributed by atoms with Crippen molar-refractivity contribution in [1.82, 2.24) is 4.98 Å². The summed E-state index contributed by atoms with van der Waals surface area (Å²) in [4.78, 5) is 4.16. The smallest absolute Gasteiger partial charge is 0.147 e. The summed E-state index contributed by atoms with van der Waals surface area (Å²) in [5.41, 5.74) is 2.61. The van der Waals surface area contributed by atoms with Crippen LogP contribution >= 0.6 is 11.6 Å². The number of hydrogen-bond acceptors (Lipinski definition) is 2. The summed E-state index contributed by atoms with van der Waals surface area (Å²) in [6, 6.07) is 9.64. The number of hydrogen-bond donors (Lipinski definition) is 0. The van der Waals surface area contributed by atoms with Crippen LogP contribution in [0.4, 0.5) is 4.39 Å². The predicted octanol–water partition coefficient (Wildman–Crippen LogP) is 3.72. The second kappa shape index (κ2) is 4.52. The fourth-order valence-electron chi connectivity index (χ4n) is 1.57. The van der Waals surface area contributed by atoms with E-state index in [1.54, 1.807) is 18.2 Å². The number of nitrogens with zero attached hydrogens (tertiary/aromatic N) is 2. The lowest BCUT2D eigenvalue weighted by molar-refractivity contribution is 0.628. The number of aromatic nitrogens is 1. The molecule has 4 heteroatoms. The second-order valence-corrected chi connectivity index (χ2v) is 3.97. The van der Waals surface area contributed by atoms with Gasteiger partial charge < -0.3 is 0 Å². The lowest BCUT2D eigenvalue weighted by Gasteiger charge is -2.06. The molecule has 2 rings (SSSR count). The molecule has 0 N–H and O–H groups in total. The van der Waals surface area contributed by atoms with Crippen LogP contribution < -0.4 is 0 Å². The highest BCUT2D eigenvalue weighted by Crippen LogP contribution is 2.25. The highest BCUT2D eigenvalue weighted by molar-refractivity contribution is 6.30. The number of benzene rings is 1. The van der Waals surface area contributed by atoms with E-state index in [2.05, 4.69) is 4.98 Å². The fourth-order valence-corrected chi connectivity index (χ4v) is 1.75. The molecule has 0 bridgehead atoms. The second-order valence-electron chi connectivity index (χ2n) is 3.61. The van der Waals surface area contributed by atoms with E-state index in [1.165, 1.54) is 12.1 Å². The third-order valence-electron chi connectivity index (χ3n) is 2.40. The van der Waals surface area contributed by atoms with Gasteiger partial charge in [0, 0.05) is 5.56 Å². The molecule has 0 atom stereocenters. The first-order chi connectivity index (χ1) is 8.11. The van der Waals surface area contributed by atoms with Crippen LogP contribution in [0.3, 0.4) is 0 Å². The number of aryl methyl sites for hydroxylation is 1. The summed E-state index contributed by atoms with van der Waals surface area (Å²) in [7, 11) is 0. The molecule has 0 fully saturated rings. The zero-order valence-electron chi connectivity index (χ0n) is 9.04. The van der Waals surface area contributed by atoms with Crippen LogP contribution in [0.15, 0.2) is 30.3 Å². The zero-order chi connectivity index (χ0) is 12.4. The van der Waals surface area contributed by atoms with E-state index in [9.17, 15) is 4.39 Å². The Bertz CT molecular complexity index is 600. The van der Waals surface area contributed by atoms with Crippen molar-refractivity contribution in [1.29, 1.82) is 5.26 Å². The molecule has 0 saturated carbocycles. The minimum atomic E-state index is -0.300. The number of halogens is 2. The Kier molecular flexibility index (Phi) is 3.08. The SMILES string of the molecule is Cc1cc(C#N)c(Cl)nc1-c1ccc(F)cc1. The molecule has 0 unspecified atom stereocenters. The van der Waals surface area contributed by atoms with Crippen molar-refractivity contribution in [2.45, 2.75) is 6.92 Å². The molecule has 1 aromatic carbocycles. The van der Waals surface area contributed by atoms with Gasteiger partial charge >= 0.3 is 0 Å². The molecule has 1 aromatic heterocycles. The van der Waals surface area contributed by atoms with E-state index in [-0.39, 0.29) is 11.0 Å². The van der Waals surface area contributed by atoms with Crippen LogP contribution in [0.2, 0.25) is 5.15 Å². The Hall–Kier alpha value is -1.92. The molecule has 0 amide bonds. The van der Waals surface area contributed by atoms with Gasteiger partial charge in [0.2, 0.25) is 0 Å². The predicted molar refractivity (Wildman–Crippen MR) is 64.1 cm³/mol. The monoisotopic (exact) mass is 246 g/mol. The van der Waals surface area contributed by atoms with Gasteiger partial charge in [-0.2, -0.15) is 5.26 Å². The van der Waals surface area contributed by atoms with Crippen molar-refractivity contribution in [3.8, 4) is 17.3 Å². The van der Waals surface area contributed by atoms with Crippen molar-refractivity contribution in [3.63, 3.8) is 0 Å². The standard InChI is InChI=1S/C13H8ClFN2/c1-8-6-10(7-16)13(14)17-12(8)9-2-4-11(15)5-3-9/h2-6H,1H3. The van der Waals surface area contributed by atoms with E-state index < -0.39 is 0 Å². The molecular formula is C13H8ClFN2. The molecule has 0 aliphatic rings. The molecule has 2 nitrogen and oxygen atoms in total. The van der Waals surface area contributed by atoms with Crippen molar-refractivity contribution in [2.24, 2.45) is 0 Å². The molecule has 17 heavy (non-hydrogen) atoms. The molecule has 0 aliphatic heterocycles. The Morgan fingerprint density at radius 2 is 1.94 bits per heavy atom. The van der Waals surface area contributed by atoms with Crippen LogP contribution in [0.25, 0.3) is 11.3 Å². The maximum atomic E-state index is 12.8. The summed E-state index contributed by atoms with van der Waals surface area (Å²) in [6.45, 7) is 1.84. The van der Waals surface area contributed by atoms with Gasteiger partial charge in [-0.1, -0.05) is 11.6 Å². The summed E-state index contributed by atoms with van der Waals surface area (Å²) in [5, 5.41) is 8.98. The molecule has 2 aromatic rings. The molecule has 0 aliphatic carbocycles. The van der Waals surface area contributed by atoms with E-state index in [0.717, 1.165) is 11.1 Å².